The summed E-state index contributed by atoms with van der Waals surface area (Å²) in [6.45, 7) is 10.8. The van der Waals surface area contributed by atoms with Gasteiger partial charge in [-0.3, -0.25) is 14.4 Å². The highest BCUT2D eigenvalue weighted by atomic mass is 32.1. The molecule has 0 aliphatic heterocycles. The van der Waals surface area contributed by atoms with E-state index in [1.165, 1.54) is 0 Å². The number of hydrogen-bond donors (Lipinski definition) is 4. The second-order valence-electron chi connectivity index (χ2n) is 8.98. The first-order valence-electron chi connectivity index (χ1n) is 12.7. The summed E-state index contributed by atoms with van der Waals surface area (Å²) in [6.07, 6.45) is 10.5. The van der Waals surface area contributed by atoms with Crippen LogP contribution >= 0.6 is 12.6 Å². The molecule has 41 heavy (non-hydrogen) atoms. The third-order valence-electron chi connectivity index (χ3n) is 4.73. The van der Waals surface area contributed by atoms with Gasteiger partial charge in [-0.15, -0.1) is 25.5 Å². The van der Waals surface area contributed by atoms with Crippen LogP contribution in [-0.2, 0) is 20.9 Å². The molecule has 0 atom stereocenters. The van der Waals surface area contributed by atoms with Gasteiger partial charge in [0.15, 0.2) is 22.1 Å². The van der Waals surface area contributed by atoms with E-state index in [4.69, 9.17) is 11.5 Å². The maximum Gasteiger partial charge on any atom is 0.293 e. The van der Waals surface area contributed by atoms with Crippen LogP contribution < -0.4 is 21.7 Å². The predicted molar refractivity (Wildman–Crippen MR) is 166 cm³/mol. The van der Waals surface area contributed by atoms with Gasteiger partial charge in [-0.25, -0.2) is 9.97 Å². The second kappa shape index (κ2) is 18.8. The van der Waals surface area contributed by atoms with Crippen molar-refractivity contribution in [2.45, 2.75) is 59.6 Å². The van der Waals surface area contributed by atoms with Crippen molar-refractivity contribution in [3.63, 3.8) is 0 Å². The smallest absolute Gasteiger partial charge is 0.293 e. The van der Waals surface area contributed by atoms with Crippen molar-refractivity contribution in [2.24, 2.45) is 0 Å². The highest BCUT2D eigenvalue weighted by Crippen LogP contribution is 2.18. The van der Waals surface area contributed by atoms with Crippen molar-refractivity contribution >= 4 is 58.7 Å². The highest BCUT2D eigenvalue weighted by Gasteiger charge is 2.11. The molecule has 3 rings (SSSR count). The Balaban J connectivity index is 0.00000125. The molecule has 0 bridgehead atoms. The topological polar surface area (TPSA) is 179 Å². The van der Waals surface area contributed by atoms with Gasteiger partial charge >= 0.3 is 0 Å². The molecule has 0 aliphatic carbocycles. The maximum atomic E-state index is 12.2. The van der Waals surface area contributed by atoms with Crippen LogP contribution in [0.3, 0.4) is 0 Å². The first-order chi connectivity index (χ1) is 19.4. The number of amides is 1. The van der Waals surface area contributed by atoms with E-state index in [2.05, 4.69) is 55.5 Å². The fraction of sp³-hybridized carbons (Fsp3) is 0.393. The number of nitrogens with one attached hydrogen (secondary N) is 1. The number of benzene rings is 1. The van der Waals surface area contributed by atoms with Crippen molar-refractivity contribution in [1.82, 2.24) is 25.3 Å². The van der Waals surface area contributed by atoms with E-state index in [0.29, 0.717) is 54.8 Å². The third-order valence-corrected chi connectivity index (χ3v) is 4.95. The molecule has 0 fully saturated rings. The molecule has 12 nitrogen and oxygen atoms in total. The van der Waals surface area contributed by atoms with Gasteiger partial charge < -0.3 is 26.4 Å². The number of fused-ring (bicyclic) bond motifs is 1. The van der Waals surface area contributed by atoms with Crippen LogP contribution in [0.1, 0.15) is 63.5 Å². The summed E-state index contributed by atoms with van der Waals surface area (Å²) in [5.41, 5.74) is 14.0. The van der Waals surface area contributed by atoms with E-state index < -0.39 is 0 Å². The van der Waals surface area contributed by atoms with Crippen molar-refractivity contribution in [3.8, 4) is 12.8 Å². The number of terminal acetylenes is 1. The monoisotopic (exact) mass is 584 g/mol. The Morgan fingerprint density at radius 1 is 1.10 bits per heavy atom. The number of carbonyl (C=O) groups is 3. The fourth-order valence-corrected chi connectivity index (χ4v) is 3.11. The third kappa shape index (κ3) is 14.0. The van der Waals surface area contributed by atoms with Gasteiger partial charge in [0.2, 0.25) is 5.95 Å². The molecule has 0 radical (unpaired) electrons. The van der Waals surface area contributed by atoms with Crippen molar-refractivity contribution in [2.75, 3.05) is 30.0 Å². The number of nitrogen functional groups attached to an aromatic ring is 2. The summed E-state index contributed by atoms with van der Waals surface area (Å²) in [4.78, 5) is 51.2. The average Bonchev–Trinajstić information content (AvgIpc) is 2.93. The van der Waals surface area contributed by atoms with E-state index in [9.17, 15) is 14.4 Å². The number of nitrogens with two attached hydrogens (primary N) is 2. The minimum atomic E-state index is -0.318. The molecule has 2 aromatic heterocycles. The molecular formula is C28H40N8O4S. The van der Waals surface area contributed by atoms with Gasteiger partial charge in [-0.05, 0) is 51.5 Å². The maximum absolute atomic E-state index is 12.2. The van der Waals surface area contributed by atoms with Gasteiger partial charge in [-0.1, -0.05) is 13.8 Å². The standard InChI is InChI=1S/C19H22N8O2S.C5H10O2.C2H6.C2H2/c1-27(10-12-9-23-17-15(24-12)16(20)25-19(21)26-17)13-6-4-11(5-7-13)18(29)22-8-2-3-14(28)30;1-5(2,3)7-4-6;2*1-2/h4-7,9H,2-3,8,10H2,1H3,(H,22,29)(H,28,30)(H4,20,21,23,25,26);4H,1-3H3;1-2H3;1-2H. The Bertz CT molecular complexity index is 1280. The van der Waals surface area contributed by atoms with Crippen molar-refractivity contribution in [1.29, 1.82) is 0 Å². The van der Waals surface area contributed by atoms with Crippen LogP contribution in [0.2, 0.25) is 0 Å². The lowest BCUT2D eigenvalue weighted by Gasteiger charge is -2.19. The summed E-state index contributed by atoms with van der Waals surface area (Å²) >= 11 is 3.70. The Morgan fingerprint density at radius 3 is 2.22 bits per heavy atom. The minimum absolute atomic E-state index is 0.0542. The van der Waals surface area contributed by atoms with E-state index in [1.54, 1.807) is 18.3 Å². The number of thiol groups is 1. The largest absolute Gasteiger partial charge is 0.462 e. The van der Waals surface area contributed by atoms with Gasteiger partial charge in [0.05, 0.1) is 18.4 Å². The number of aromatic nitrogens is 4. The highest BCUT2D eigenvalue weighted by molar-refractivity contribution is 7.96. The summed E-state index contributed by atoms with van der Waals surface area (Å²) < 4.78 is 4.55. The van der Waals surface area contributed by atoms with E-state index in [1.807, 2.05) is 58.7 Å². The number of hydrogen-bond acceptors (Lipinski definition) is 11. The zero-order valence-electron chi connectivity index (χ0n) is 24.4. The molecule has 0 aliphatic rings. The normalized spacial score (nSPS) is 9.88. The van der Waals surface area contributed by atoms with E-state index in [0.717, 1.165) is 5.69 Å². The van der Waals surface area contributed by atoms with Crippen molar-refractivity contribution in [3.05, 3.63) is 41.7 Å². The Labute approximate surface area is 247 Å². The zero-order valence-corrected chi connectivity index (χ0v) is 25.3. The van der Waals surface area contributed by atoms with Crippen LogP contribution in [0.5, 0.6) is 0 Å². The molecule has 5 N–H and O–H groups in total. The fourth-order valence-electron chi connectivity index (χ4n) is 2.95. The molecule has 0 spiro atoms. The second-order valence-corrected chi connectivity index (χ2v) is 9.48. The van der Waals surface area contributed by atoms with E-state index in [-0.39, 0.29) is 28.4 Å². The number of anilines is 3. The van der Waals surface area contributed by atoms with Gasteiger partial charge in [0, 0.05) is 31.3 Å². The molecule has 1 aromatic carbocycles. The van der Waals surface area contributed by atoms with Crippen LogP contribution in [0.25, 0.3) is 11.2 Å². The summed E-state index contributed by atoms with van der Waals surface area (Å²) in [5, 5.41) is 2.59. The molecule has 0 unspecified atom stereocenters. The molecule has 13 heteroatoms. The number of ether oxygens (including phenoxy) is 1. The van der Waals surface area contributed by atoms with Crippen LogP contribution in [0, 0.1) is 12.8 Å². The molecule has 0 saturated heterocycles. The quantitative estimate of drug-likeness (QED) is 0.125. The molecule has 2 heterocycles. The number of carbonyl (C=O) groups excluding carboxylic acids is 3. The Kier molecular flexibility index (Phi) is 16.7. The van der Waals surface area contributed by atoms with Crippen LogP contribution in [0.4, 0.5) is 17.5 Å². The average molecular weight is 585 g/mol. The lowest BCUT2D eigenvalue weighted by atomic mass is 10.1. The van der Waals surface area contributed by atoms with E-state index >= 15 is 0 Å². The van der Waals surface area contributed by atoms with Crippen molar-refractivity contribution < 1.29 is 19.1 Å². The van der Waals surface area contributed by atoms with Crippen LogP contribution in [-0.4, -0.2) is 56.6 Å². The lowest BCUT2D eigenvalue weighted by molar-refractivity contribution is -0.138. The SMILES string of the molecule is C#C.CC.CC(C)(C)OC=O.CN(Cc1cnc2nc(N)nc(N)c2n1)c1ccc(C(=O)NCCCC(=O)S)cc1. The first kappa shape index (κ1) is 36.6. The van der Waals surface area contributed by atoms with Gasteiger partial charge in [-0.2, -0.15) is 9.97 Å². The van der Waals surface area contributed by atoms with Gasteiger partial charge in [0.1, 0.15) is 5.60 Å². The Morgan fingerprint density at radius 2 is 1.71 bits per heavy atom. The lowest BCUT2D eigenvalue weighted by Crippen LogP contribution is -2.24. The molecule has 0 saturated carbocycles. The predicted octanol–water partition coefficient (Wildman–Crippen LogP) is 3.42. The molecule has 1 amide bonds. The van der Waals surface area contributed by atoms with Crippen LogP contribution in [0.15, 0.2) is 30.5 Å². The number of rotatable bonds is 9. The first-order valence-corrected chi connectivity index (χ1v) is 13.1. The number of nitrogens with zero attached hydrogens (tertiary/aromatic N) is 5. The summed E-state index contributed by atoms with van der Waals surface area (Å²) in [7, 11) is 1.90. The van der Waals surface area contributed by atoms with Gasteiger partial charge in [0.25, 0.3) is 12.4 Å². The Hall–Kier alpha value is -4.44. The summed E-state index contributed by atoms with van der Waals surface area (Å²) in [5.74, 6) is 0.0491. The molecular weight excluding hydrogens is 544 g/mol. The molecule has 222 valence electrons. The zero-order chi connectivity index (χ0) is 31.6. The summed E-state index contributed by atoms with van der Waals surface area (Å²) in [6, 6.07) is 7.18. The minimum Gasteiger partial charge on any atom is -0.462 e. The molecule has 3 aromatic rings.